The van der Waals surface area contributed by atoms with Gasteiger partial charge in [-0.2, -0.15) is 0 Å². The highest BCUT2D eigenvalue weighted by Gasteiger charge is 2.27. The number of aliphatic hydroxyl groups excluding tert-OH is 1. The van der Waals surface area contributed by atoms with Crippen LogP contribution in [-0.2, 0) is 6.42 Å². The van der Waals surface area contributed by atoms with Crippen molar-refractivity contribution in [2.24, 2.45) is 5.41 Å². The zero-order valence-corrected chi connectivity index (χ0v) is 13.0. The molecule has 0 fully saturated rings. The van der Waals surface area contributed by atoms with Gasteiger partial charge in [-0.3, -0.25) is 0 Å². The van der Waals surface area contributed by atoms with Crippen molar-refractivity contribution in [3.05, 3.63) is 29.8 Å². The zero-order valence-electron chi connectivity index (χ0n) is 12.1. The molecule has 0 saturated heterocycles. The van der Waals surface area contributed by atoms with Gasteiger partial charge in [0.05, 0.1) is 0 Å². The van der Waals surface area contributed by atoms with Crippen molar-refractivity contribution in [2.75, 3.05) is 13.2 Å². The van der Waals surface area contributed by atoms with Crippen molar-refractivity contribution in [1.29, 1.82) is 0 Å². The van der Waals surface area contributed by atoms with Crippen molar-refractivity contribution in [1.82, 2.24) is 5.32 Å². The Morgan fingerprint density at radius 3 is 2.74 bits per heavy atom. The maximum absolute atomic E-state index is 9.19. The maximum Gasteiger partial charge on any atom is 0.0446 e. The number of aliphatic hydroxyl groups is 1. The number of rotatable bonds is 5. The van der Waals surface area contributed by atoms with Gasteiger partial charge in [-0.25, -0.2) is 0 Å². The average Bonchev–Trinajstić information content (AvgIpc) is 2.75. The summed E-state index contributed by atoms with van der Waals surface area (Å²) in [6.07, 6.45) is 1.98. The van der Waals surface area contributed by atoms with E-state index in [4.69, 9.17) is 0 Å². The van der Waals surface area contributed by atoms with E-state index >= 15 is 0 Å². The fourth-order valence-electron chi connectivity index (χ4n) is 2.61. The zero-order chi connectivity index (χ0) is 13.9. The first-order chi connectivity index (χ1) is 9.00. The maximum atomic E-state index is 9.19. The number of fused-ring (bicyclic) bond motifs is 1. The van der Waals surface area contributed by atoms with Crippen LogP contribution in [0.3, 0.4) is 0 Å². The first-order valence-electron chi connectivity index (χ1n) is 7.09. The van der Waals surface area contributed by atoms with Crippen LogP contribution in [0.4, 0.5) is 0 Å². The Bertz CT molecular complexity index is 388. The molecule has 1 aromatic rings. The predicted molar refractivity (Wildman–Crippen MR) is 82.7 cm³/mol. The molecule has 0 radical (unpaired) electrons. The van der Waals surface area contributed by atoms with E-state index in [1.807, 2.05) is 11.8 Å². The first kappa shape index (κ1) is 14.9. The standard InChI is InChI=1S/C16H25NOS/c1-16(2,3)15(8-9-18)17-11-13-10-12-6-4-5-7-14(12)19-13/h4-7,13,15,17-18H,8-11H2,1-3H3. The minimum absolute atomic E-state index is 0.193. The van der Waals surface area contributed by atoms with Gasteiger partial charge < -0.3 is 10.4 Å². The van der Waals surface area contributed by atoms with E-state index in [-0.39, 0.29) is 12.0 Å². The van der Waals surface area contributed by atoms with E-state index in [0.29, 0.717) is 11.3 Å². The van der Waals surface area contributed by atoms with Crippen LogP contribution in [0.25, 0.3) is 0 Å². The SMILES string of the molecule is CC(C)(C)C(CCO)NCC1Cc2ccccc2S1. The molecule has 1 aromatic carbocycles. The fourth-order valence-corrected chi connectivity index (χ4v) is 3.87. The molecular weight excluding hydrogens is 254 g/mol. The third-order valence-corrected chi connectivity index (χ3v) is 5.09. The van der Waals surface area contributed by atoms with E-state index in [1.54, 1.807) is 0 Å². The molecule has 0 aliphatic carbocycles. The summed E-state index contributed by atoms with van der Waals surface area (Å²) >= 11 is 1.98. The quantitative estimate of drug-likeness (QED) is 0.869. The molecule has 2 N–H and O–H groups in total. The Morgan fingerprint density at radius 1 is 1.37 bits per heavy atom. The Labute approximate surface area is 121 Å². The van der Waals surface area contributed by atoms with Crippen LogP contribution < -0.4 is 5.32 Å². The van der Waals surface area contributed by atoms with E-state index in [1.165, 1.54) is 10.5 Å². The Balaban J connectivity index is 1.87. The Kier molecular flexibility index (Phi) is 4.93. The summed E-state index contributed by atoms with van der Waals surface area (Å²) in [6, 6.07) is 9.07. The normalized spacial score (nSPS) is 20.3. The van der Waals surface area contributed by atoms with Gasteiger partial charge >= 0.3 is 0 Å². The summed E-state index contributed by atoms with van der Waals surface area (Å²) in [7, 11) is 0. The Morgan fingerprint density at radius 2 is 2.11 bits per heavy atom. The molecule has 2 nitrogen and oxygen atoms in total. The van der Waals surface area contributed by atoms with Crippen LogP contribution in [0, 0.1) is 5.41 Å². The summed E-state index contributed by atoms with van der Waals surface area (Å²) < 4.78 is 0. The molecule has 2 atom stereocenters. The predicted octanol–water partition coefficient (Wildman–Crippen LogP) is 3.09. The third kappa shape index (κ3) is 3.98. The third-order valence-electron chi connectivity index (χ3n) is 3.77. The molecule has 2 unspecified atom stereocenters. The number of hydrogen-bond acceptors (Lipinski definition) is 3. The number of nitrogens with one attached hydrogen (secondary N) is 1. The van der Waals surface area contributed by atoms with Crippen molar-refractivity contribution < 1.29 is 5.11 Å². The molecule has 2 rings (SSSR count). The van der Waals surface area contributed by atoms with E-state index in [2.05, 4.69) is 50.4 Å². The monoisotopic (exact) mass is 279 g/mol. The van der Waals surface area contributed by atoms with E-state index in [9.17, 15) is 5.11 Å². The molecule has 1 heterocycles. The molecule has 0 saturated carbocycles. The van der Waals surface area contributed by atoms with Crippen molar-refractivity contribution in [3.8, 4) is 0 Å². The summed E-state index contributed by atoms with van der Waals surface area (Å²) in [5.41, 5.74) is 1.67. The second kappa shape index (κ2) is 6.29. The summed E-state index contributed by atoms with van der Waals surface area (Å²) in [4.78, 5) is 1.43. The van der Waals surface area contributed by atoms with E-state index in [0.717, 1.165) is 19.4 Å². The topological polar surface area (TPSA) is 32.3 Å². The largest absolute Gasteiger partial charge is 0.396 e. The molecule has 0 bridgehead atoms. The fraction of sp³-hybridized carbons (Fsp3) is 0.625. The molecule has 1 aliphatic heterocycles. The number of thioether (sulfide) groups is 1. The van der Waals surface area contributed by atoms with Crippen LogP contribution in [0.1, 0.15) is 32.8 Å². The summed E-state index contributed by atoms with van der Waals surface area (Å²) in [6.45, 7) is 7.97. The lowest BCUT2D eigenvalue weighted by Crippen LogP contribution is -2.43. The summed E-state index contributed by atoms with van der Waals surface area (Å²) in [5.74, 6) is 0. The van der Waals surface area contributed by atoms with Crippen LogP contribution in [0.5, 0.6) is 0 Å². The van der Waals surface area contributed by atoms with Crippen LogP contribution in [0.15, 0.2) is 29.2 Å². The smallest absolute Gasteiger partial charge is 0.0446 e. The van der Waals surface area contributed by atoms with Crippen LogP contribution in [0.2, 0.25) is 0 Å². The first-order valence-corrected chi connectivity index (χ1v) is 7.97. The number of benzene rings is 1. The highest BCUT2D eigenvalue weighted by atomic mass is 32.2. The van der Waals surface area contributed by atoms with Crippen LogP contribution >= 0.6 is 11.8 Å². The molecule has 0 spiro atoms. The van der Waals surface area contributed by atoms with Crippen molar-refractivity contribution in [2.45, 2.75) is 49.8 Å². The average molecular weight is 279 g/mol. The molecule has 1 aliphatic rings. The highest BCUT2D eigenvalue weighted by molar-refractivity contribution is 8.00. The van der Waals surface area contributed by atoms with Gasteiger partial charge in [0, 0.05) is 29.3 Å². The van der Waals surface area contributed by atoms with Gasteiger partial charge in [0.25, 0.3) is 0 Å². The van der Waals surface area contributed by atoms with Gasteiger partial charge in [0.1, 0.15) is 0 Å². The number of hydrogen-bond donors (Lipinski definition) is 2. The van der Waals surface area contributed by atoms with Crippen molar-refractivity contribution >= 4 is 11.8 Å². The minimum Gasteiger partial charge on any atom is -0.396 e. The second-order valence-corrected chi connectivity index (χ2v) is 7.73. The lowest BCUT2D eigenvalue weighted by Gasteiger charge is -2.32. The molecule has 0 aromatic heterocycles. The van der Waals surface area contributed by atoms with E-state index < -0.39 is 0 Å². The molecule has 106 valence electrons. The van der Waals surface area contributed by atoms with Gasteiger partial charge in [-0.15, -0.1) is 11.8 Å². The molecule has 0 amide bonds. The van der Waals surface area contributed by atoms with Gasteiger partial charge in [-0.1, -0.05) is 39.0 Å². The lowest BCUT2D eigenvalue weighted by atomic mass is 9.85. The lowest BCUT2D eigenvalue weighted by molar-refractivity contribution is 0.198. The summed E-state index contributed by atoms with van der Waals surface area (Å²) in [5, 5.41) is 13.5. The van der Waals surface area contributed by atoms with Crippen LogP contribution in [-0.4, -0.2) is 29.5 Å². The minimum atomic E-state index is 0.193. The van der Waals surface area contributed by atoms with Gasteiger partial charge in [0.2, 0.25) is 0 Å². The molecule has 19 heavy (non-hydrogen) atoms. The van der Waals surface area contributed by atoms with Gasteiger partial charge in [-0.05, 0) is 29.9 Å². The van der Waals surface area contributed by atoms with Crippen molar-refractivity contribution in [3.63, 3.8) is 0 Å². The Hall–Kier alpha value is -0.510. The second-order valence-electron chi connectivity index (χ2n) is 6.39. The molecule has 3 heteroatoms. The van der Waals surface area contributed by atoms with Gasteiger partial charge in [0.15, 0.2) is 0 Å². The highest BCUT2D eigenvalue weighted by Crippen LogP contribution is 2.36. The molecular formula is C16H25NOS.